The minimum Gasteiger partial charge on any atom is -0.387 e. The molecule has 0 amide bonds. The first-order valence-corrected chi connectivity index (χ1v) is 13.4. The molecular weight excluding hydrogens is 573 g/mol. The van der Waals surface area contributed by atoms with E-state index >= 15 is 0 Å². The Morgan fingerprint density at radius 3 is 2.28 bits per heavy atom. The van der Waals surface area contributed by atoms with Crippen LogP contribution in [0.1, 0.15) is 11.8 Å². The Hall–Kier alpha value is -0.810. The number of aliphatic hydroxyl groups is 2. The molecule has 1 saturated heterocycles. The van der Waals surface area contributed by atoms with Gasteiger partial charge in [0.1, 0.15) is 18.3 Å². The van der Waals surface area contributed by atoms with E-state index in [1.807, 2.05) is 4.98 Å². The third kappa shape index (κ3) is 7.35. The zero-order valence-corrected chi connectivity index (χ0v) is 19.5. The number of nitrogens with zero attached hydrogens (tertiary/aromatic N) is 1. The van der Waals surface area contributed by atoms with E-state index in [0.717, 1.165) is 10.8 Å². The predicted molar refractivity (Wildman–Crippen MR) is 105 cm³/mol. The number of H-pyrrole nitrogens is 1. The zero-order chi connectivity index (χ0) is 24.5. The van der Waals surface area contributed by atoms with E-state index in [1.54, 1.807) is 0 Å². The van der Waals surface area contributed by atoms with Crippen LogP contribution in [0.5, 0.6) is 0 Å². The van der Waals surface area contributed by atoms with Gasteiger partial charge in [-0.25, -0.2) is 18.5 Å². The van der Waals surface area contributed by atoms with Crippen molar-refractivity contribution in [2.75, 3.05) is 6.61 Å². The first-order valence-electron chi connectivity index (χ1n) is 7.97. The minimum absolute atomic E-state index is 0.0384. The van der Waals surface area contributed by atoms with E-state index < -0.39 is 65.9 Å². The summed E-state index contributed by atoms with van der Waals surface area (Å²) in [5, 5.41) is 20.3. The summed E-state index contributed by atoms with van der Waals surface area (Å²) >= 11 is 2.94. The van der Waals surface area contributed by atoms with Crippen molar-refractivity contribution in [3.63, 3.8) is 0 Å². The monoisotopic (exact) mass is 588 g/mol. The van der Waals surface area contributed by atoms with Gasteiger partial charge < -0.3 is 34.5 Å². The Bertz CT molecular complexity index is 1130. The summed E-state index contributed by atoms with van der Waals surface area (Å²) in [5.41, 5.74) is -1.82. The zero-order valence-electron chi connectivity index (χ0n) is 15.3. The molecule has 0 radical (unpaired) electrons. The Morgan fingerprint density at radius 2 is 1.72 bits per heavy atom. The van der Waals surface area contributed by atoms with Crippen LogP contribution in [0.3, 0.4) is 0 Å². The van der Waals surface area contributed by atoms with Crippen LogP contribution in [0.2, 0.25) is 0 Å². The molecule has 32 heavy (non-hydrogen) atoms. The summed E-state index contributed by atoms with van der Waals surface area (Å²) in [6.07, 6.45) is -4.54. The lowest BCUT2D eigenvalue weighted by atomic mass is 10.1. The number of ether oxygens (including phenoxy) is 1. The van der Waals surface area contributed by atoms with Crippen molar-refractivity contribution in [1.29, 1.82) is 0 Å². The molecule has 17 nitrogen and oxygen atoms in total. The molecule has 1 aliphatic heterocycles. The molecule has 1 aliphatic rings. The second kappa shape index (κ2) is 10.2. The maximum absolute atomic E-state index is 12.1. The highest BCUT2D eigenvalue weighted by Gasteiger charge is 2.46. The normalized spacial score (nSPS) is 28.0. The van der Waals surface area contributed by atoms with Crippen molar-refractivity contribution >= 4 is 45.5 Å². The third-order valence-corrected chi connectivity index (χ3v) is 7.73. The van der Waals surface area contributed by atoms with Crippen molar-refractivity contribution in [2.24, 2.45) is 0 Å². The van der Waals surface area contributed by atoms with Crippen LogP contribution < -0.4 is 11.2 Å². The Labute approximate surface area is 185 Å². The number of nitrogens with one attached hydrogen (secondary N) is 1. The van der Waals surface area contributed by atoms with Gasteiger partial charge in [-0.2, -0.15) is 8.62 Å². The van der Waals surface area contributed by atoms with E-state index in [4.69, 9.17) is 19.4 Å². The molecule has 1 aromatic heterocycles. The van der Waals surface area contributed by atoms with E-state index in [0.29, 0.717) is 0 Å². The molecule has 0 bridgehead atoms. The maximum Gasteiger partial charge on any atom is 0.490 e. The van der Waals surface area contributed by atoms with Crippen molar-refractivity contribution in [1.82, 2.24) is 9.55 Å². The van der Waals surface area contributed by atoms with Crippen molar-refractivity contribution in [3.8, 4) is 0 Å². The Balaban J connectivity index is 2.14. The van der Waals surface area contributed by atoms with Gasteiger partial charge in [-0.1, -0.05) is 15.9 Å². The minimum atomic E-state index is -5.75. The molecule has 2 rings (SSSR count). The summed E-state index contributed by atoms with van der Waals surface area (Å²) in [7, 11) is -16.8. The van der Waals surface area contributed by atoms with Gasteiger partial charge in [-0.05, 0) is 11.1 Å². The van der Waals surface area contributed by atoms with Gasteiger partial charge in [0.15, 0.2) is 6.23 Å². The van der Waals surface area contributed by atoms with Crippen LogP contribution in [0.25, 0.3) is 6.08 Å². The fourth-order valence-corrected chi connectivity index (χ4v) is 5.76. The fourth-order valence-electron chi connectivity index (χ4n) is 2.44. The Kier molecular flexibility index (Phi) is 8.75. The lowest BCUT2D eigenvalue weighted by Crippen LogP contribution is -2.38. The largest absolute Gasteiger partial charge is 0.490 e. The molecule has 0 aliphatic carbocycles. The molecule has 2 heterocycles. The highest BCUT2D eigenvalue weighted by molar-refractivity contribution is 9.11. The summed E-state index contributed by atoms with van der Waals surface area (Å²) < 4.78 is 51.0. The third-order valence-electron chi connectivity index (χ3n) is 3.67. The van der Waals surface area contributed by atoms with Crippen LogP contribution in [0.15, 0.2) is 20.8 Å². The number of halogens is 1. The molecule has 21 heteroatoms. The van der Waals surface area contributed by atoms with Gasteiger partial charge in [0.25, 0.3) is 5.56 Å². The molecule has 1 aromatic rings. The smallest absolute Gasteiger partial charge is 0.387 e. The number of rotatable bonds is 9. The summed E-state index contributed by atoms with van der Waals surface area (Å²) in [4.78, 5) is 62.5. The first kappa shape index (κ1) is 27.4. The van der Waals surface area contributed by atoms with Crippen molar-refractivity contribution in [2.45, 2.75) is 24.5 Å². The van der Waals surface area contributed by atoms with Crippen molar-refractivity contribution in [3.05, 3.63) is 37.6 Å². The maximum atomic E-state index is 12.1. The van der Waals surface area contributed by atoms with Crippen LogP contribution in [-0.4, -0.2) is 64.3 Å². The van der Waals surface area contributed by atoms with Gasteiger partial charge in [-0.15, -0.1) is 0 Å². The van der Waals surface area contributed by atoms with Gasteiger partial charge in [0, 0.05) is 6.20 Å². The molecule has 0 aromatic carbocycles. The molecule has 1 fully saturated rings. The first-order chi connectivity index (χ1) is 14.6. The number of phosphoric ester groups is 1. The molecule has 0 saturated carbocycles. The topological polar surface area (TPSA) is 264 Å². The summed E-state index contributed by atoms with van der Waals surface area (Å²) in [6, 6.07) is 0. The van der Waals surface area contributed by atoms with Gasteiger partial charge >= 0.3 is 29.2 Å². The quantitative estimate of drug-likeness (QED) is 0.168. The second-order valence-corrected chi connectivity index (χ2v) is 10.9. The highest BCUT2D eigenvalue weighted by atomic mass is 79.9. The lowest BCUT2D eigenvalue weighted by Gasteiger charge is -2.19. The van der Waals surface area contributed by atoms with Crippen molar-refractivity contribution < 1.29 is 61.4 Å². The number of phosphoric acid groups is 3. The number of hydrogen-bond acceptors (Lipinski definition) is 11. The standard InChI is InChI=1S/C11H16BrN2O15P3/c12-2-1-5-3-14(11(18)13-9(5)17)10-8(16)7(15)6(27-10)4-26-31(22,23)29-32(24,25)28-30(19,20)21/h1-3,6-8,10,15-16H,4H2,(H,22,23)(H,24,25)(H,13,17,18)(H2,19,20,21)/b2-1+/t6-,7-,8+,10-/m1/s1. The van der Waals surface area contributed by atoms with Gasteiger partial charge in [0.2, 0.25) is 0 Å². The van der Waals surface area contributed by atoms with Crippen LogP contribution >= 0.6 is 39.4 Å². The SMILES string of the molecule is O=c1[nH]c(=O)n([C@@H]2O[C@H](COP(=O)(O)OP(=O)(O)OP(=O)(O)O)[C@@H](O)[C@@H]2O)cc1/C=C/Br. The molecule has 0 spiro atoms. The van der Waals surface area contributed by atoms with Crippen LogP contribution in [-0.2, 0) is 31.6 Å². The predicted octanol–water partition coefficient (Wildman–Crippen LogP) is -1.14. The second-order valence-electron chi connectivity index (χ2n) is 5.98. The lowest BCUT2D eigenvalue weighted by molar-refractivity contribution is -0.0542. The van der Waals surface area contributed by atoms with E-state index in [9.17, 15) is 38.4 Å². The summed E-state index contributed by atoms with van der Waals surface area (Å²) in [5.74, 6) is 0. The van der Waals surface area contributed by atoms with Gasteiger partial charge in [0.05, 0.1) is 12.2 Å². The molecular formula is C11H16BrN2O15P3. The molecule has 182 valence electrons. The number of hydrogen-bond donors (Lipinski definition) is 7. The summed E-state index contributed by atoms with van der Waals surface area (Å²) in [6.45, 7) is -1.06. The molecule has 7 N–H and O–H groups in total. The van der Waals surface area contributed by atoms with Gasteiger partial charge in [-0.3, -0.25) is 18.9 Å². The molecule has 6 atom stereocenters. The fraction of sp³-hybridized carbons (Fsp3) is 0.455. The number of aromatic amines is 1. The average molecular weight is 589 g/mol. The molecule has 2 unspecified atom stereocenters. The Morgan fingerprint density at radius 1 is 1.09 bits per heavy atom. The van der Waals surface area contributed by atoms with E-state index in [1.165, 1.54) is 11.1 Å². The average Bonchev–Trinajstić information content (AvgIpc) is 2.87. The number of aliphatic hydroxyl groups excluding tert-OH is 2. The highest BCUT2D eigenvalue weighted by Crippen LogP contribution is 2.66. The number of aromatic nitrogens is 2. The van der Waals surface area contributed by atoms with E-state index in [2.05, 4.69) is 29.1 Å². The van der Waals surface area contributed by atoms with Crippen LogP contribution in [0.4, 0.5) is 0 Å². The van der Waals surface area contributed by atoms with E-state index in [-0.39, 0.29) is 5.56 Å². The van der Waals surface area contributed by atoms with Crippen LogP contribution in [0, 0.1) is 0 Å².